The van der Waals surface area contributed by atoms with E-state index in [1.54, 1.807) is 6.07 Å². The molecule has 0 radical (unpaired) electrons. The van der Waals surface area contributed by atoms with Gasteiger partial charge in [0.05, 0.1) is 11.9 Å². The smallest absolute Gasteiger partial charge is 0.326 e. The van der Waals surface area contributed by atoms with E-state index in [0.29, 0.717) is 11.8 Å². The monoisotopic (exact) mass is 370 g/mol. The molecular weight excluding hydrogens is 354 g/mol. The maximum atomic E-state index is 13.2. The molecule has 27 heavy (non-hydrogen) atoms. The molecule has 5 nitrogen and oxygen atoms in total. The number of nitrogens with zero attached hydrogens (tertiary/aromatic N) is 1. The van der Waals surface area contributed by atoms with Crippen molar-refractivity contribution in [1.29, 1.82) is 0 Å². The first-order valence-corrected chi connectivity index (χ1v) is 8.22. The summed E-state index contributed by atoms with van der Waals surface area (Å²) in [7, 11) is 0. The van der Waals surface area contributed by atoms with Crippen molar-refractivity contribution in [2.45, 2.75) is 18.9 Å². The molecule has 0 spiro atoms. The highest BCUT2D eigenvalue weighted by Crippen LogP contribution is 2.13. The molecule has 0 saturated heterocycles. The van der Waals surface area contributed by atoms with Crippen LogP contribution in [0.1, 0.15) is 11.3 Å². The number of carboxylic acid groups (broad SMARTS) is 1. The van der Waals surface area contributed by atoms with Crippen LogP contribution in [0.2, 0.25) is 0 Å². The Morgan fingerprint density at radius 3 is 2.44 bits per heavy atom. The maximum Gasteiger partial charge on any atom is 0.326 e. The molecule has 3 aromatic rings. The highest BCUT2D eigenvalue weighted by molar-refractivity contribution is 5.85. The molecule has 7 heteroatoms. The number of hydrogen-bond donors (Lipinski definition) is 2. The van der Waals surface area contributed by atoms with Crippen LogP contribution in [-0.4, -0.2) is 28.0 Å². The van der Waals surface area contributed by atoms with Gasteiger partial charge in [-0.15, -0.1) is 0 Å². The second-order valence-corrected chi connectivity index (χ2v) is 6.11. The average Bonchev–Trinajstić information content (AvgIpc) is 2.60. The number of fused-ring (bicyclic) bond motifs is 1. The predicted octanol–water partition coefficient (Wildman–Crippen LogP) is 2.87. The number of hydrogen-bond acceptors (Lipinski definition) is 3. The van der Waals surface area contributed by atoms with E-state index < -0.39 is 29.6 Å². The number of aromatic nitrogens is 1. The van der Waals surface area contributed by atoms with E-state index in [0.717, 1.165) is 23.0 Å². The van der Waals surface area contributed by atoms with Gasteiger partial charge in [0.1, 0.15) is 17.7 Å². The lowest BCUT2D eigenvalue weighted by atomic mass is 10.1. The normalized spacial score (nSPS) is 11.9. The topological polar surface area (TPSA) is 79.3 Å². The molecule has 1 amide bonds. The Kier molecular flexibility index (Phi) is 5.40. The summed E-state index contributed by atoms with van der Waals surface area (Å²) in [6.45, 7) is 0. The van der Waals surface area contributed by atoms with Gasteiger partial charge in [-0.1, -0.05) is 24.3 Å². The number of carbonyl (C=O) groups excluding carboxylic acids is 1. The zero-order valence-corrected chi connectivity index (χ0v) is 14.2. The van der Waals surface area contributed by atoms with Crippen LogP contribution in [0.3, 0.4) is 0 Å². The Morgan fingerprint density at radius 1 is 1.04 bits per heavy atom. The summed E-state index contributed by atoms with van der Waals surface area (Å²) < 4.78 is 26.4. The molecule has 0 aliphatic heterocycles. The second kappa shape index (κ2) is 7.90. The third-order valence-corrected chi connectivity index (χ3v) is 3.99. The summed E-state index contributed by atoms with van der Waals surface area (Å²) in [5, 5.41) is 12.7. The third-order valence-electron chi connectivity index (χ3n) is 3.99. The molecule has 0 saturated carbocycles. The molecule has 0 aliphatic carbocycles. The summed E-state index contributed by atoms with van der Waals surface area (Å²) in [6, 6.07) is 12.5. The quantitative estimate of drug-likeness (QED) is 0.699. The summed E-state index contributed by atoms with van der Waals surface area (Å²) in [4.78, 5) is 28.0. The molecule has 0 unspecified atom stereocenters. The van der Waals surface area contributed by atoms with E-state index >= 15 is 0 Å². The van der Waals surface area contributed by atoms with Crippen molar-refractivity contribution >= 4 is 22.8 Å². The lowest BCUT2D eigenvalue weighted by Crippen LogP contribution is -2.43. The summed E-state index contributed by atoms with van der Waals surface area (Å²) in [5.74, 6) is -3.46. The number of nitrogens with one attached hydrogen (secondary N) is 1. The Bertz CT molecular complexity index is 987. The van der Waals surface area contributed by atoms with Gasteiger partial charge in [0.25, 0.3) is 0 Å². The van der Waals surface area contributed by atoms with E-state index in [1.165, 1.54) is 0 Å². The fourth-order valence-electron chi connectivity index (χ4n) is 2.77. The van der Waals surface area contributed by atoms with Gasteiger partial charge in [-0.05, 0) is 29.8 Å². The first-order chi connectivity index (χ1) is 12.9. The predicted molar refractivity (Wildman–Crippen MR) is 95.1 cm³/mol. The highest BCUT2D eigenvalue weighted by atomic mass is 19.1. The number of carboxylic acids is 1. The van der Waals surface area contributed by atoms with Crippen LogP contribution in [0, 0.1) is 11.6 Å². The van der Waals surface area contributed by atoms with Gasteiger partial charge in [-0.2, -0.15) is 0 Å². The molecule has 3 rings (SSSR count). The zero-order valence-electron chi connectivity index (χ0n) is 14.2. The van der Waals surface area contributed by atoms with Crippen LogP contribution in [-0.2, 0) is 22.4 Å². The number of amides is 1. The zero-order chi connectivity index (χ0) is 19.4. The molecule has 2 aromatic carbocycles. The maximum absolute atomic E-state index is 13.2. The number of aliphatic carboxylic acids is 1. The van der Waals surface area contributed by atoms with Crippen molar-refractivity contribution in [2.24, 2.45) is 0 Å². The second-order valence-electron chi connectivity index (χ2n) is 6.11. The molecule has 1 aromatic heterocycles. The van der Waals surface area contributed by atoms with Crippen LogP contribution in [0.25, 0.3) is 10.9 Å². The Morgan fingerprint density at radius 2 is 1.74 bits per heavy atom. The van der Waals surface area contributed by atoms with Crippen LogP contribution in [0.4, 0.5) is 8.78 Å². The number of rotatable bonds is 6. The molecule has 0 fully saturated rings. The standard InChI is InChI=1S/C20H16F2N2O3/c21-14-7-12(8-15(22)10-14)9-19(25)24-18(20(26)27)11-16-6-5-13-3-1-2-4-17(13)23-16/h1-8,10,18H,9,11H2,(H,24,25)(H,26,27)/t18-/m0/s1. The van der Waals surface area contributed by atoms with E-state index in [2.05, 4.69) is 10.3 Å². The molecule has 1 atom stereocenters. The third kappa shape index (κ3) is 4.84. The van der Waals surface area contributed by atoms with Crippen molar-refractivity contribution in [3.63, 3.8) is 0 Å². The van der Waals surface area contributed by atoms with E-state index in [9.17, 15) is 23.5 Å². The lowest BCUT2D eigenvalue weighted by molar-refractivity contribution is -0.141. The fraction of sp³-hybridized carbons (Fsp3) is 0.150. The molecule has 0 bridgehead atoms. The van der Waals surface area contributed by atoms with Crippen LogP contribution in [0.15, 0.2) is 54.6 Å². The largest absolute Gasteiger partial charge is 0.480 e. The minimum absolute atomic E-state index is 0.0105. The van der Waals surface area contributed by atoms with Crippen molar-refractivity contribution < 1.29 is 23.5 Å². The first-order valence-electron chi connectivity index (χ1n) is 8.22. The molecular formula is C20H16F2N2O3. The SMILES string of the molecule is O=C(Cc1cc(F)cc(F)c1)N[C@@H](Cc1ccc2ccccc2n1)C(=O)O. The van der Waals surface area contributed by atoms with Gasteiger partial charge in [-0.25, -0.2) is 13.6 Å². The number of benzene rings is 2. The van der Waals surface area contributed by atoms with Gasteiger partial charge >= 0.3 is 5.97 Å². The summed E-state index contributed by atoms with van der Waals surface area (Å²) in [6.07, 6.45) is -0.340. The first kappa shape index (κ1) is 18.4. The Hall–Kier alpha value is -3.35. The van der Waals surface area contributed by atoms with Gasteiger partial charge in [0, 0.05) is 23.6 Å². The highest BCUT2D eigenvalue weighted by Gasteiger charge is 2.21. The van der Waals surface area contributed by atoms with Gasteiger partial charge in [0.15, 0.2) is 0 Å². The number of para-hydroxylation sites is 1. The minimum atomic E-state index is -1.22. The van der Waals surface area contributed by atoms with Crippen molar-refractivity contribution in [3.05, 3.63) is 77.5 Å². The van der Waals surface area contributed by atoms with Gasteiger partial charge < -0.3 is 10.4 Å². The molecule has 2 N–H and O–H groups in total. The van der Waals surface area contributed by atoms with E-state index in [4.69, 9.17) is 0 Å². The number of halogens is 2. The Balaban J connectivity index is 1.71. The molecule has 138 valence electrons. The van der Waals surface area contributed by atoms with E-state index in [-0.39, 0.29) is 18.4 Å². The summed E-state index contributed by atoms with van der Waals surface area (Å²) >= 11 is 0. The number of pyridine rings is 1. The van der Waals surface area contributed by atoms with Crippen LogP contribution < -0.4 is 5.32 Å². The molecule has 0 aliphatic rings. The van der Waals surface area contributed by atoms with Crippen molar-refractivity contribution in [3.8, 4) is 0 Å². The van der Waals surface area contributed by atoms with Gasteiger partial charge in [-0.3, -0.25) is 9.78 Å². The minimum Gasteiger partial charge on any atom is -0.480 e. The number of carbonyl (C=O) groups is 2. The molecule has 1 heterocycles. The fourth-order valence-corrected chi connectivity index (χ4v) is 2.77. The van der Waals surface area contributed by atoms with Crippen LogP contribution >= 0.6 is 0 Å². The Labute approximate surface area is 153 Å². The van der Waals surface area contributed by atoms with Crippen LogP contribution in [0.5, 0.6) is 0 Å². The lowest BCUT2D eigenvalue weighted by Gasteiger charge is -2.14. The van der Waals surface area contributed by atoms with Crippen molar-refractivity contribution in [1.82, 2.24) is 10.3 Å². The average molecular weight is 370 g/mol. The van der Waals surface area contributed by atoms with Crippen molar-refractivity contribution in [2.75, 3.05) is 0 Å². The van der Waals surface area contributed by atoms with E-state index in [1.807, 2.05) is 30.3 Å². The summed E-state index contributed by atoms with van der Waals surface area (Å²) in [5.41, 5.74) is 1.36. The van der Waals surface area contributed by atoms with Gasteiger partial charge in [0.2, 0.25) is 5.91 Å².